The van der Waals surface area contributed by atoms with E-state index in [4.69, 9.17) is 10.5 Å². The molecule has 0 radical (unpaired) electrons. The van der Waals surface area contributed by atoms with E-state index in [1.54, 1.807) is 19.1 Å². The van der Waals surface area contributed by atoms with Crippen LogP contribution in [0.4, 0.5) is 8.78 Å². The fourth-order valence-corrected chi connectivity index (χ4v) is 2.39. The minimum absolute atomic E-state index is 0.00481. The van der Waals surface area contributed by atoms with Crippen molar-refractivity contribution in [3.8, 4) is 11.5 Å². The summed E-state index contributed by atoms with van der Waals surface area (Å²) in [7, 11) is 0. The van der Waals surface area contributed by atoms with E-state index in [1.165, 1.54) is 6.07 Å². The molecule has 0 aliphatic carbocycles. The third kappa shape index (κ3) is 3.34. The number of ether oxygens (including phenoxy) is 2. The van der Waals surface area contributed by atoms with Crippen molar-refractivity contribution in [1.82, 2.24) is 4.90 Å². The summed E-state index contributed by atoms with van der Waals surface area (Å²) in [6.45, 7) is 2.52. The van der Waals surface area contributed by atoms with Gasteiger partial charge in [-0.1, -0.05) is 6.07 Å². The summed E-state index contributed by atoms with van der Waals surface area (Å²) in [5.74, 6) is 0.829. The average molecular weight is 299 g/mol. The number of likely N-dealkylation sites (N-methyl/N-ethyl adjacent to an activating group) is 1. The molecule has 1 atom stereocenters. The van der Waals surface area contributed by atoms with Gasteiger partial charge in [0.15, 0.2) is 17.5 Å². The molecule has 0 aromatic heterocycles. The number of aliphatic imine (C=N–C) groups is 1. The number of nitrogens with two attached hydrogens (primary N) is 1. The van der Waals surface area contributed by atoms with Crippen LogP contribution in [0.15, 0.2) is 23.2 Å². The molecule has 1 heterocycles. The number of halogens is 2. The van der Waals surface area contributed by atoms with Gasteiger partial charge in [-0.15, -0.1) is 0 Å². The quantitative estimate of drug-likeness (QED) is 0.876. The fraction of sp³-hybridized carbons (Fsp3) is 0.500. The Labute approximate surface area is 122 Å². The van der Waals surface area contributed by atoms with E-state index in [9.17, 15) is 8.78 Å². The number of guanidine groups is 1. The van der Waals surface area contributed by atoms with Crippen molar-refractivity contribution in [3.05, 3.63) is 23.8 Å². The Balaban J connectivity index is 2.27. The molecule has 2 rings (SSSR count). The van der Waals surface area contributed by atoms with Crippen LogP contribution in [0.5, 0.6) is 11.5 Å². The maximum Gasteiger partial charge on any atom is 0.387 e. The maximum absolute atomic E-state index is 12.4. The van der Waals surface area contributed by atoms with Crippen LogP contribution in [0.3, 0.4) is 0 Å². The van der Waals surface area contributed by atoms with Crippen molar-refractivity contribution in [1.29, 1.82) is 0 Å². The second-order valence-electron chi connectivity index (χ2n) is 4.52. The second-order valence-corrected chi connectivity index (χ2v) is 4.52. The molecule has 2 N–H and O–H groups in total. The zero-order chi connectivity index (χ0) is 15.4. The number of hydrogen-bond acceptors (Lipinski definition) is 5. The van der Waals surface area contributed by atoms with E-state index in [-0.39, 0.29) is 11.8 Å². The lowest BCUT2D eigenvalue weighted by molar-refractivity contribution is -0.0514. The van der Waals surface area contributed by atoms with E-state index in [0.29, 0.717) is 24.9 Å². The second kappa shape index (κ2) is 6.60. The van der Waals surface area contributed by atoms with Crippen molar-refractivity contribution >= 4 is 5.96 Å². The Morgan fingerprint density at radius 3 is 2.76 bits per heavy atom. The molecule has 7 heteroatoms. The standard InChI is InChI=1S/C14H19F2N3O2/c1-3-19-10(8-18-14(19)17)9-5-6-11(21-13(15)16)12(7-9)20-4-2/h5-7,10,13H,3-4,8H2,1-2H3,(H2,17,18). The third-order valence-corrected chi connectivity index (χ3v) is 3.31. The highest BCUT2D eigenvalue weighted by Gasteiger charge is 2.27. The minimum Gasteiger partial charge on any atom is -0.490 e. The Morgan fingerprint density at radius 1 is 1.38 bits per heavy atom. The van der Waals surface area contributed by atoms with Crippen molar-refractivity contribution < 1.29 is 18.3 Å². The van der Waals surface area contributed by atoms with Crippen molar-refractivity contribution in [2.45, 2.75) is 26.5 Å². The molecule has 1 aromatic carbocycles. The summed E-state index contributed by atoms with van der Waals surface area (Å²) in [4.78, 5) is 6.18. The molecule has 5 nitrogen and oxygen atoms in total. The van der Waals surface area contributed by atoms with Crippen LogP contribution in [0.25, 0.3) is 0 Å². The lowest BCUT2D eigenvalue weighted by atomic mass is 10.1. The SMILES string of the molecule is CCOc1cc(C2CN=C(N)N2CC)ccc1OC(F)F. The van der Waals surface area contributed by atoms with Crippen molar-refractivity contribution in [2.24, 2.45) is 10.7 Å². The van der Waals surface area contributed by atoms with Gasteiger partial charge in [-0.05, 0) is 31.5 Å². The zero-order valence-corrected chi connectivity index (χ0v) is 12.1. The highest BCUT2D eigenvalue weighted by atomic mass is 19.3. The van der Waals surface area contributed by atoms with Crippen LogP contribution in [0.2, 0.25) is 0 Å². The smallest absolute Gasteiger partial charge is 0.387 e. The Morgan fingerprint density at radius 2 is 2.14 bits per heavy atom. The van der Waals surface area contributed by atoms with Crippen LogP contribution in [0.1, 0.15) is 25.5 Å². The van der Waals surface area contributed by atoms with Gasteiger partial charge in [0, 0.05) is 6.54 Å². The van der Waals surface area contributed by atoms with Gasteiger partial charge in [-0.25, -0.2) is 0 Å². The molecule has 0 amide bonds. The van der Waals surface area contributed by atoms with Gasteiger partial charge in [0.1, 0.15) is 0 Å². The van der Waals surface area contributed by atoms with Gasteiger partial charge in [-0.3, -0.25) is 4.99 Å². The highest BCUT2D eigenvalue weighted by molar-refractivity contribution is 5.80. The number of hydrogen-bond donors (Lipinski definition) is 1. The molecule has 0 fully saturated rings. The van der Waals surface area contributed by atoms with Gasteiger partial charge in [0.05, 0.1) is 19.2 Å². The Bertz CT molecular complexity index is 523. The number of alkyl halides is 2. The average Bonchev–Trinajstić information content (AvgIpc) is 2.81. The Kier molecular flexibility index (Phi) is 4.82. The first-order chi connectivity index (χ1) is 10.1. The van der Waals surface area contributed by atoms with Gasteiger partial charge >= 0.3 is 6.61 Å². The number of nitrogens with zero attached hydrogens (tertiary/aromatic N) is 2. The first kappa shape index (κ1) is 15.3. The van der Waals surface area contributed by atoms with Gasteiger partial charge in [0.2, 0.25) is 0 Å². The van der Waals surface area contributed by atoms with E-state index in [2.05, 4.69) is 9.73 Å². The molecule has 116 valence electrons. The molecule has 1 unspecified atom stereocenters. The van der Waals surface area contributed by atoms with E-state index < -0.39 is 6.61 Å². The Hall–Kier alpha value is -2.05. The molecular formula is C14H19F2N3O2. The van der Waals surface area contributed by atoms with Gasteiger partial charge in [0.25, 0.3) is 0 Å². The van der Waals surface area contributed by atoms with Crippen molar-refractivity contribution in [2.75, 3.05) is 19.7 Å². The lowest BCUT2D eigenvalue weighted by Crippen LogP contribution is -2.35. The van der Waals surface area contributed by atoms with Gasteiger partial charge in [-0.2, -0.15) is 8.78 Å². The normalized spacial score (nSPS) is 18.0. The first-order valence-corrected chi connectivity index (χ1v) is 6.84. The molecular weight excluding hydrogens is 280 g/mol. The van der Waals surface area contributed by atoms with Gasteiger partial charge < -0.3 is 20.1 Å². The topological polar surface area (TPSA) is 60.1 Å². The van der Waals surface area contributed by atoms with E-state index in [0.717, 1.165) is 12.1 Å². The summed E-state index contributed by atoms with van der Waals surface area (Å²) in [6.07, 6.45) is 0. The molecule has 0 saturated carbocycles. The zero-order valence-electron chi connectivity index (χ0n) is 12.1. The number of benzene rings is 1. The van der Waals surface area contributed by atoms with Crippen LogP contribution in [-0.4, -0.2) is 37.2 Å². The molecule has 1 aliphatic heterocycles. The van der Waals surface area contributed by atoms with Crippen LogP contribution in [-0.2, 0) is 0 Å². The molecule has 1 aromatic rings. The van der Waals surface area contributed by atoms with Crippen LogP contribution < -0.4 is 15.2 Å². The van der Waals surface area contributed by atoms with E-state index >= 15 is 0 Å². The summed E-state index contributed by atoms with van der Waals surface area (Å²) >= 11 is 0. The fourth-order valence-electron chi connectivity index (χ4n) is 2.39. The highest BCUT2D eigenvalue weighted by Crippen LogP contribution is 2.34. The monoisotopic (exact) mass is 299 g/mol. The minimum atomic E-state index is -2.88. The molecule has 0 bridgehead atoms. The van der Waals surface area contributed by atoms with Crippen LogP contribution in [0, 0.1) is 0 Å². The predicted octanol–water partition coefficient (Wildman–Crippen LogP) is 2.38. The molecule has 21 heavy (non-hydrogen) atoms. The molecule has 0 spiro atoms. The van der Waals surface area contributed by atoms with Crippen LogP contribution >= 0.6 is 0 Å². The van der Waals surface area contributed by atoms with Crippen molar-refractivity contribution in [3.63, 3.8) is 0 Å². The molecule has 0 saturated heterocycles. The largest absolute Gasteiger partial charge is 0.490 e. The summed E-state index contributed by atoms with van der Waals surface area (Å²) in [5.41, 5.74) is 6.74. The maximum atomic E-state index is 12.4. The van der Waals surface area contributed by atoms with E-state index in [1.807, 2.05) is 11.8 Å². The predicted molar refractivity (Wildman–Crippen MR) is 75.9 cm³/mol. The molecule has 1 aliphatic rings. The summed E-state index contributed by atoms with van der Waals surface area (Å²) in [6, 6.07) is 4.94. The number of rotatable bonds is 6. The lowest BCUT2D eigenvalue weighted by Gasteiger charge is -2.25. The summed E-state index contributed by atoms with van der Waals surface area (Å²) < 4.78 is 34.6. The first-order valence-electron chi connectivity index (χ1n) is 6.84. The third-order valence-electron chi connectivity index (χ3n) is 3.31. The summed E-state index contributed by atoms with van der Waals surface area (Å²) in [5, 5.41) is 0.